The number of aromatic nitrogens is 1. The monoisotopic (exact) mass is 526 g/mol. The quantitative estimate of drug-likeness (QED) is 0.237. The standard InChI is InChI=1S/C26H30ClF3N2S2/c1-3-4-5-6-7-8-9-10-18(2)15-19-11-12-20(16-21(19)26(28,29)30)31-25-32-22(17-33-25)23-13-14-24(27)34-23/h11-17H,3-10H2,1-2H3,(H,31,32)/b18-15+. The van der Waals surface area contributed by atoms with Gasteiger partial charge < -0.3 is 5.32 Å². The fourth-order valence-electron chi connectivity index (χ4n) is 3.72. The SMILES string of the molecule is CCCCCCCCC/C(C)=C/c1ccc(Nc2nc(-c3ccc(Cl)s3)cs2)cc1C(F)(F)F. The predicted octanol–water partition coefficient (Wildman–Crippen LogP) is 10.8. The number of nitrogens with one attached hydrogen (secondary N) is 1. The van der Waals surface area contributed by atoms with E-state index in [0.29, 0.717) is 15.2 Å². The van der Waals surface area contributed by atoms with Gasteiger partial charge in [-0.25, -0.2) is 4.98 Å². The van der Waals surface area contributed by atoms with Crippen molar-refractivity contribution in [2.45, 2.75) is 71.4 Å². The molecule has 1 N–H and O–H groups in total. The van der Waals surface area contributed by atoms with Crippen LogP contribution in [0.25, 0.3) is 16.6 Å². The summed E-state index contributed by atoms with van der Waals surface area (Å²) in [6.45, 7) is 4.11. The van der Waals surface area contributed by atoms with Crippen LogP contribution in [0.3, 0.4) is 0 Å². The Bertz CT molecular complexity index is 1090. The Morgan fingerprint density at radius 1 is 1.06 bits per heavy atom. The summed E-state index contributed by atoms with van der Waals surface area (Å²) in [5, 5.41) is 5.41. The molecule has 0 saturated carbocycles. The third-order valence-electron chi connectivity index (χ3n) is 5.52. The van der Waals surface area contributed by atoms with Crippen LogP contribution in [0, 0.1) is 0 Å². The minimum absolute atomic E-state index is 0.201. The van der Waals surface area contributed by atoms with Gasteiger partial charge in [0, 0.05) is 11.1 Å². The van der Waals surface area contributed by atoms with Gasteiger partial charge in [0.25, 0.3) is 0 Å². The largest absolute Gasteiger partial charge is 0.417 e. The molecule has 0 unspecified atom stereocenters. The first-order valence-corrected chi connectivity index (χ1v) is 13.7. The zero-order valence-electron chi connectivity index (χ0n) is 19.5. The number of anilines is 2. The van der Waals surface area contributed by atoms with Crippen molar-refractivity contribution in [1.29, 1.82) is 0 Å². The molecule has 0 aliphatic carbocycles. The van der Waals surface area contributed by atoms with E-state index >= 15 is 0 Å². The van der Waals surface area contributed by atoms with E-state index in [-0.39, 0.29) is 5.56 Å². The fourth-order valence-corrected chi connectivity index (χ4v) is 5.53. The summed E-state index contributed by atoms with van der Waals surface area (Å²) in [4.78, 5) is 5.40. The molecule has 0 aliphatic rings. The first-order valence-electron chi connectivity index (χ1n) is 11.6. The van der Waals surface area contributed by atoms with Gasteiger partial charge in [0.15, 0.2) is 5.13 Å². The Morgan fingerprint density at radius 2 is 1.79 bits per heavy atom. The zero-order valence-corrected chi connectivity index (χ0v) is 21.9. The van der Waals surface area contributed by atoms with E-state index in [1.165, 1.54) is 60.8 Å². The Labute approximate surface area is 212 Å². The van der Waals surface area contributed by atoms with E-state index in [1.807, 2.05) is 18.4 Å². The molecule has 3 aromatic rings. The second-order valence-corrected chi connectivity index (χ2v) is 11.0. The second-order valence-electron chi connectivity index (χ2n) is 8.43. The third kappa shape index (κ3) is 8.14. The molecule has 0 atom stereocenters. The highest BCUT2D eigenvalue weighted by molar-refractivity contribution is 7.20. The van der Waals surface area contributed by atoms with E-state index in [1.54, 1.807) is 18.2 Å². The molecule has 3 rings (SSSR count). The van der Waals surface area contributed by atoms with Crippen LogP contribution in [0.15, 0.2) is 41.3 Å². The molecule has 184 valence electrons. The summed E-state index contributed by atoms with van der Waals surface area (Å²) in [5.74, 6) is 0. The zero-order chi connectivity index (χ0) is 24.6. The lowest BCUT2D eigenvalue weighted by molar-refractivity contribution is -0.137. The van der Waals surface area contributed by atoms with Gasteiger partial charge in [0.2, 0.25) is 0 Å². The van der Waals surface area contributed by atoms with Crippen molar-refractivity contribution >= 4 is 51.2 Å². The molecule has 2 heterocycles. The molecular formula is C26H30ClF3N2S2. The summed E-state index contributed by atoms with van der Waals surface area (Å²) < 4.78 is 42.1. The van der Waals surface area contributed by atoms with Crippen LogP contribution in [-0.4, -0.2) is 4.98 Å². The van der Waals surface area contributed by atoms with Crippen LogP contribution >= 0.6 is 34.3 Å². The Kier molecular flexibility index (Phi) is 10.0. The van der Waals surface area contributed by atoms with Crippen molar-refractivity contribution in [3.05, 3.63) is 56.7 Å². The van der Waals surface area contributed by atoms with Gasteiger partial charge in [-0.2, -0.15) is 13.2 Å². The van der Waals surface area contributed by atoms with Crippen molar-refractivity contribution < 1.29 is 13.2 Å². The van der Waals surface area contributed by atoms with Gasteiger partial charge in [-0.1, -0.05) is 74.8 Å². The van der Waals surface area contributed by atoms with Crippen molar-refractivity contribution in [3.8, 4) is 10.6 Å². The van der Waals surface area contributed by atoms with Crippen LogP contribution in [0.1, 0.15) is 76.3 Å². The number of benzene rings is 1. The number of hydrogen-bond acceptors (Lipinski definition) is 4. The molecule has 0 fully saturated rings. The lowest BCUT2D eigenvalue weighted by Crippen LogP contribution is -2.08. The normalized spacial score (nSPS) is 12.4. The van der Waals surface area contributed by atoms with Gasteiger partial charge in [0.05, 0.1) is 20.5 Å². The van der Waals surface area contributed by atoms with E-state index in [4.69, 9.17) is 11.6 Å². The number of alkyl halides is 3. The maximum Gasteiger partial charge on any atom is 0.417 e. The average molecular weight is 527 g/mol. The van der Waals surface area contributed by atoms with Crippen LogP contribution in [0.2, 0.25) is 4.34 Å². The molecule has 0 radical (unpaired) electrons. The van der Waals surface area contributed by atoms with E-state index in [0.717, 1.165) is 41.5 Å². The van der Waals surface area contributed by atoms with Gasteiger partial charge in [0.1, 0.15) is 0 Å². The third-order valence-corrected chi connectivity index (χ3v) is 7.53. The molecule has 0 spiro atoms. The number of rotatable bonds is 12. The number of allylic oxidation sites excluding steroid dienone is 1. The summed E-state index contributed by atoms with van der Waals surface area (Å²) in [5.41, 5.74) is 1.64. The van der Waals surface area contributed by atoms with Gasteiger partial charge >= 0.3 is 6.18 Å². The van der Waals surface area contributed by atoms with Crippen LogP contribution in [0.5, 0.6) is 0 Å². The molecule has 2 nitrogen and oxygen atoms in total. The number of nitrogens with zero attached hydrogens (tertiary/aromatic N) is 1. The van der Waals surface area contributed by atoms with Gasteiger partial charge in [-0.3, -0.25) is 0 Å². The van der Waals surface area contributed by atoms with Crippen molar-refractivity contribution in [2.75, 3.05) is 5.32 Å². The minimum atomic E-state index is -4.44. The second kappa shape index (κ2) is 12.8. The van der Waals surface area contributed by atoms with Gasteiger partial charge in [-0.15, -0.1) is 22.7 Å². The number of hydrogen-bond donors (Lipinski definition) is 1. The average Bonchev–Trinajstić information content (AvgIpc) is 3.42. The Morgan fingerprint density at radius 3 is 2.47 bits per heavy atom. The molecule has 34 heavy (non-hydrogen) atoms. The number of thiophene rings is 1. The molecule has 2 aromatic heterocycles. The molecule has 0 amide bonds. The lowest BCUT2D eigenvalue weighted by atomic mass is 10.0. The number of unbranched alkanes of at least 4 members (excludes halogenated alkanes) is 6. The van der Waals surface area contributed by atoms with Crippen LogP contribution in [-0.2, 0) is 6.18 Å². The van der Waals surface area contributed by atoms with Gasteiger partial charge in [-0.05, 0) is 49.6 Å². The van der Waals surface area contributed by atoms with Crippen molar-refractivity contribution in [2.24, 2.45) is 0 Å². The molecule has 0 saturated heterocycles. The van der Waals surface area contributed by atoms with Crippen molar-refractivity contribution in [1.82, 2.24) is 4.98 Å². The highest BCUT2D eigenvalue weighted by Crippen LogP contribution is 2.37. The lowest BCUT2D eigenvalue weighted by Gasteiger charge is -2.14. The highest BCUT2D eigenvalue weighted by atomic mass is 35.5. The minimum Gasteiger partial charge on any atom is -0.332 e. The molecule has 0 bridgehead atoms. The van der Waals surface area contributed by atoms with E-state index < -0.39 is 11.7 Å². The molecule has 0 aliphatic heterocycles. The topological polar surface area (TPSA) is 24.9 Å². The maximum absolute atomic E-state index is 13.8. The summed E-state index contributed by atoms with van der Waals surface area (Å²) in [6, 6.07) is 8.04. The first-order chi connectivity index (χ1) is 16.3. The molecule has 1 aromatic carbocycles. The Balaban J connectivity index is 1.66. The summed E-state index contributed by atoms with van der Waals surface area (Å²) in [6.07, 6.45) is 6.39. The van der Waals surface area contributed by atoms with Crippen molar-refractivity contribution in [3.63, 3.8) is 0 Å². The van der Waals surface area contributed by atoms with Crippen LogP contribution in [0.4, 0.5) is 24.0 Å². The van der Waals surface area contributed by atoms with E-state index in [2.05, 4.69) is 17.2 Å². The molecular weight excluding hydrogens is 497 g/mol. The number of thiazole rings is 1. The first kappa shape index (κ1) is 26.8. The van der Waals surface area contributed by atoms with E-state index in [9.17, 15) is 13.2 Å². The van der Waals surface area contributed by atoms with Crippen LogP contribution < -0.4 is 5.32 Å². The molecule has 8 heteroatoms. The fraction of sp³-hybridized carbons (Fsp3) is 0.423. The summed E-state index contributed by atoms with van der Waals surface area (Å²) >= 11 is 8.74. The maximum atomic E-state index is 13.8. The predicted molar refractivity (Wildman–Crippen MR) is 141 cm³/mol. The number of halogens is 4. The Hall–Kier alpha value is -1.83. The smallest absolute Gasteiger partial charge is 0.332 e. The highest BCUT2D eigenvalue weighted by Gasteiger charge is 2.33. The summed E-state index contributed by atoms with van der Waals surface area (Å²) in [7, 11) is 0.